The van der Waals surface area contributed by atoms with Gasteiger partial charge in [0.25, 0.3) is 0 Å². The van der Waals surface area contributed by atoms with E-state index in [-0.39, 0.29) is 0 Å². The third-order valence-electron chi connectivity index (χ3n) is 2.45. The van der Waals surface area contributed by atoms with Crippen molar-refractivity contribution in [2.24, 2.45) is 0 Å². The predicted molar refractivity (Wildman–Crippen MR) is 66.8 cm³/mol. The van der Waals surface area contributed by atoms with Gasteiger partial charge < -0.3 is 5.32 Å². The third kappa shape index (κ3) is 3.24. The van der Waals surface area contributed by atoms with E-state index >= 15 is 0 Å². The number of nitrogens with zero attached hydrogens (tertiary/aromatic N) is 1. The van der Waals surface area contributed by atoms with Gasteiger partial charge in [0.05, 0.1) is 11.3 Å². The predicted octanol–water partition coefficient (Wildman–Crippen LogP) is 3.92. The Morgan fingerprint density at radius 3 is 2.60 bits per heavy atom. The van der Waals surface area contributed by atoms with Gasteiger partial charge in [-0.15, -0.1) is 0 Å². The van der Waals surface area contributed by atoms with Crippen LogP contribution < -0.4 is 5.32 Å². The summed E-state index contributed by atoms with van der Waals surface area (Å²) in [7, 11) is 0. The Balaban J connectivity index is 2.90. The van der Waals surface area contributed by atoms with E-state index in [9.17, 15) is 0 Å². The molecule has 2 nitrogen and oxygen atoms in total. The molecule has 3 heteroatoms. The maximum atomic E-state index is 8.99. The quantitative estimate of drug-likeness (QED) is 0.897. The smallest absolute Gasteiger partial charge is 0.101 e. The average molecular weight is 267 g/mol. The van der Waals surface area contributed by atoms with Crippen molar-refractivity contribution in [3.63, 3.8) is 0 Å². The summed E-state index contributed by atoms with van der Waals surface area (Å²) < 4.78 is 0.939. The number of rotatable bonds is 4. The van der Waals surface area contributed by atoms with Crippen LogP contribution in [0.5, 0.6) is 0 Å². The minimum absolute atomic E-state index is 0.443. The van der Waals surface area contributed by atoms with E-state index in [0.717, 1.165) is 23.0 Å². The van der Waals surface area contributed by atoms with Gasteiger partial charge in [-0.2, -0.15) is 5.26 Å². The Hall–Kier alpha value is -1.01. The average Bonchev–Trinajstić information content (AvgIpc) is 2.27. The first-order valence-corrected chi connectivity index (χ1v) is 5.96. The van der Waals surface area contributed by atoms with Crippen molar-refractivity contribution in [2.75, 3.05) is 5.32 Å². The van der Waals surface area contributed by atoms with E-state index < -0.39 is 0 Å². The van der Waals surface area contributed by atoms with Gasteiger partial charge in [0.15, 0.2) is 0 Å². The van der Waals surface area contributed by atoms with Crippen LogP contribution in [-0.2, 0) is 0 Å². The topological polar surface area (TPSA) is 35.8 Å². The zero-order valence-electron chi connectivity index (χ0n) is 9.05. The highest BCUT2D eigenvalue weighted by Gasteiger charge is 2.07. The van der Waals surface area contributed by atoms with E-state index in [1.807, 2.05) is 18.2 Å². The number of halogens is 1. The van der Waals surface area contributed by atoms with Crippen LogP contribution in [0.15, 0.2) is 22.7 Å². The first-order valence-electron chi connectivity index (χ1n) is 5.17. The van der Waals surface area contributed by atoms with Crippen molar-refractivity contribution >= 4 is 21.6 Å². The van der Waals surface area contributed by atoms with Crippen molar-refractivity contribution < 1.29 is 0 Å². The highest BCUT2D eigenvalue weighted by molar-refractivity contribution is 9.10. The van der Waals surface area contributed by atoms with E-state index in [4.69, 9.17) is 5.26 Å². The minimum atomic E-state index is 0.443. The molecule has 0 aliphatic carbocycles. The molecule has 1 aromatic carbocycles. The molecule has 0 bridgehead atoms. The van der Waals surface area contributed by atoms with Crippen LogP contribution in [0.4, 0.5) is 5.69 Å². The molecule has 0 aliphatic heterocycles. The largest absolute Gasteiger partial charge is 0.381 e. The zero-order chi connectivity index (χ0) is 11.3. The van der Waals surface area contributed by atoms with Gasteiger partial charge in [-0.25, -0.2) is 0 Å². The van der Waals surface area contributed by atoms with E-state index in [1.54, 1.807) is 0 Å². The second-order valence-corrected chi connectivity index (χ2v) is 4.38. The molecule has 0 saturated carbocycles. The first-order chi connectivity index (χ1) is 7.21. The van der Waals surface area contributed by atoms with Crippen LogP contribution in [0.25, 0.3) is 0 Å². The molecule has 1 N–H and O–H groups in total. The van der Waals surface area contributed by atoms with Crippen LogP contribution in [0.1, 0.15) is 32.3 Å². The summed E-state index contributed by atoms with van der Waals surface area (Å²) in [5.41, 5.74) is 1.62. The number of nitriles is 1. The van der Waals surface area contributed by atoms with Crippen molar-refractivity contribution in [1.29, 1.82) is 5.26 Å². The molecular formula is C12H15BrN2. The zero-order valence-corrected chi connectivity index (χ0v) is 10.6. The molecule has 1 aromatic rings. The van der Waals surface area contributed by atoms with Crippen molar-refractivity contribution in [1.82, 2.24) is 0 Å². The van der Waals surface area contributed by atoms with Gasteiger partial charge in [-0.3, -0.25) is 0 Å². The summed E-state index contributed by atoms with van der Waals surface area (Å²) in [6.45, 7) is 4.29. The van der Waals surface area contributed by atoms with Crippen molar-refractivity contribution in [2.45, 2.75) is 32.7 Å². The molecule has 80 valence electrons. The summed E-state index contributed by atoms with van der Waals surface area (Å²) in [5.74, 6) is 0. The molecule has 0 saturated heterocycles. The Kier molecular flexibility index (Phi) is 4.64. The fourth-order valence-corrected chi connectivity index (χ4v) is 1.81. The second-order valence-electron chi connectivity index (χ2n) is 3.46. The van der Waals surface area contributed by atoms with Gasteiger partial charge in [-0.05, 0) is 31.0 Å². The first kappa shape index (κ1) is 12.1. The normalized spacial score (nSPS) is 10.1. The highest BCUT2D eigenvalue weighted by Crippen LogP contribution is 2.21. The SMILES string of the molecule is CCC(CC)Nc1ccc(Br)cc1C#N. The monoisotopic (exact) mass is 266 g/mol. The summed E-state index contributed by atoms with van der Waals surface area (Å²) in [6, 6.07) is 8.37. The van der Waals surface area contributed by atoms with E-state index in [1.165, 1.54) is 0 Å². The van der Waals surface area contributed by atoms with Crippen molar-refractivity contribution in [3.05, 3.63) is 28.2 Å². The minimum Gasteiger partial charge on any atom is -0.381 e. The maximum Gasteiger partial charge on any atom is 0.101 e. The molecule has 15 heavy (non-hydrogen) atoms. The molecule has 1 rings (SSSR count). The summed E-state index contributed by atoms with van der Waals surface area (Å²) in [4.78, 5) is 0. The lowest BCUT2D eigenvalue weighted by atomic mass is 10.1. The van der Waals surface area contributed by atoms with Crippen LogP contribution in [-0.4, -0.2) is 6.04 Å². The van der Waals surface area contributed by atoms with Gasteiger partial charge >= 0.3 is 0 Å². The number of hydrogen-bond donors (Lipinski definition) is 1. The van der Waals surface area contributed by atoms with Crippen LogP contribution in [0.2, 0.25) is 0 Å². The molecule has 0 unspecified atom stereocenters. The molecule has 0 atom stereocenters. The Morgan fingerprint density at radius 2 is 2.07 bits per heavy atom. The van der Waals surface area contributed by atoms with Gasteiger partial charge in [0, 0.05) is 10.5 Å². The fraction of sp³-hybridized carbons (Fsp3) is 0.417. The lowest BCUT2D eigenvalue weighted by Crippen LogP contribution is -2.17. The van der Waals surface area contributed by atoms with E-state index in [0.29, 0.717) is 11.6 Å². The Morgan fingerprint density at radius 1 is 1.40 bits per heavy atom. The molecule has 0 heterocycles. The van der Waals surface area contributed by atoms with Crippen LogP contribution >= 0.6 is 15.9 Å². The lowest BCUT2D eigenvalue weighted by molar-refractivity contribution is 0.671. The third-order valence-corrected chi connectivity index (χ3v) is 2.94. The molecule has 0 radical (unpaired) electrons. The number of nitrogens with one attached hydrogen (secondary N) is 1. The van der Waals surface area contributed by atoms with Gasteiger partial charge in [0.1, 0.15) is 6.07 Å². The molecule has 0 aromatic heterocycles. The summed E-state index contributed by atoms with van der Waals surface area (Å²) in [6.07, 6.45) is 2.13. The lowest BCUT2D eigenvalue weighted by Gasteiger charge is -2.17. The van der Waals surface area contributed by atoms with Crippen LogP contribution in [0.3, 0.4) is 0 Å². The second kappa shape index (κ2) is 5.77. The number of anilines is 1. The summed E-state index contributed by atoms with van der Waals surface area (Å²) in [5, 5.41) is 12.4. The standard InChI is InChI=1S/C12H15BrN2/c1-3-11(4-2)15-12-6-5-10(13)7-9(12)8-14/h5-7,11,15H,3-4H2,1-2H3. The van der Waals surface area contributed by atoms with Gasteiger partial charge in [0.2, 0.25) is 0 Å². The highest BCUT2D eigenvalue weighted by atomic mass is 79.9. The van der Waals surface area contributed by atoms with E-state index in [2.05, 4.69) is 41.2 Å². The molecule has 0 fully saturated rings. The fourth-order valence-electron chi connectivity index (χ4n) is 1.45. The maximum absolute atomic E-state index is 8.99. The molecule has 0 aliphatic rings. The summed E-state index contributed by atoms with van der Waals surface area (Å²) >= 11 is 3.36. The number of hydrogen-bond acceptors (Lipinski definition) is 2. The number of benzene rings is 1. The van der Waals surface area contributed by atoms with Crippen molar-refractivity contribution in [3.8, 4) is 6.07 Å². The molecular weight excluding hydrogens is 252 g/mol. The van der Waals surface area contributed by atoms with Gasteiger partial charge in [-0.1, -0.05) is 29.8 Å². The van der Waals surface area contributed by atoms with Crippen LogP contribution in [0, 0.1) is 11.3 Å². The molecule has 0 spiro atoms. The molecule has 0 amide bonds. The Bertz CT molecular complexity index is 364. The Labute approximate surface area is 99.4 Å².